The minimum absolute atomic E-state index is 0.0250. The van der Waals surface area contributed by atoms with Crippen molar-refractivity contribution in [1.82, 2.24) is 20.3 Å². The molecule has 1 aliphatic heterocycles. The zero-order chi connectivity index (χ0) is 22.7. The predicted octanol–water partition coefficient (Wildman–Crippen LogP) is 3.21. The van der Waals surface area contributed by atoms with E-state index in [1.54, 1.807) is 6.07 Å². The number of nitrogens with zero attached hydrogens (tertiary/aromatic N) is 4. The number of benzene rings is 1. The molecule has 0 spiro atoms. The number of halogens is 1. The summed E-state index contributed by atoms with van der Waals surface area (Å²) in [5, 5.41) is 17.4. The molecule has 164 valence electrons. The van der Waals surface area contributed by atoms with Crippen molar-refractivity contribution in [2.24, 2.45) is 0 Å². The first-order chi connectivity index (χ1) is 15.5. The molecule has 0 unspecified atom stereocenters. The van der Waals surface area contributed by atoms with E-state index in [9.17, 15) is 10.1 Å². The monoisotopic (exact) mass is 451 g/mol. The molecule has 4 rings (SSSR count). The highest BCUT2D eigenvalue weighted by Gasteiger charge is 2.23. The van der Waals surface area contributed by atoms with Crippen LogP contribution in [0, 0.1) is 11.3 Å². The van der Waals surface area contributed by atoms with Crippen LogP contribution in [0.5, 0.6) is 0 Å². The van der Waals surface area contributed by atoms with Crippen molar-refractivity contribution in [3.63, 3.8) is 0 Å². The maximum Gasteiger partial charge on any atom is 0.270 e. The zero-order valence-electron chi connectivity index (χ0n) is 17.4. The van der Waals surface area contributed by atoms with Crippen LogP contribution in [0.1, 0.15) is 47.6 Å². The lowest BCUT2D eigenvalue weighted by Crippen LogP contribution is -2.39. The van der Waals surface area contributed by atoms with E-state index in [-0.39, 0.29) is 35.2 Å². The van der Waals surface area contributed by atoms with Crippen molar-refractivity contribution in [1.29, 1.82) is 5.26 Å². The minimum Gasteiger partial charge on any atom is -0.381 e. The Bertz CT molecular complexity index is 1200. The summed E-state index contributed by atoms with van der Waals surface area (Å²) in [5.41, 5.74) is 6.78. The molecule has 1 fully saturated rings. The zero-order valence-corrected chi connectivity index (χ0v) is 18.2. The fraction of sp³-hybridized carbons (Fsp3) is 0.318. The smallest absolute Gasteiger partial charge is 0.270 e. The number of nitrogens with one attached hydrogen (secondary N) is 2. The van der Waals surface area contributed by atoms with Crippen LogP contribution >= 0.6 is 11.6 Å². The summed E-state index contributed by atoms with van der Waals surface area (Å²) < 4.78 is 5.37. The quantitative estimate of drug-likeness (QED) is 0.537. The topological polar surface area (TPSA) is 139 Å². The van der Waals surface area contributed by atoms with Gasteiger partial charge in [-0.2, -0.15) is 10.2 Å². The third kappa shape index (κ3) is 4.56. The van der Waals surface area contributed by atoms with E-state index in [0.717, 1.165) is 18.2 Å². The Hall–Kier alpha value is -3.48. The molecule has 0 radical (unpaired) electrons. The average molecular weight is 452 g/mol. The number of pyridine rings is 1. The molecule has 0 bridgehead atoms. The van der Waals surface area contributed by atoms with Gasteiger partial charge in [-0.25, -0.2) is 9.97 Å². The summed E-state index contributed by atoms with van der Waals surface area (Å²) in [4.78, 5) is 25.8. The van der Waals surface area contributed by atoms with Gasteiger partial charge in [0.2, 0.25) is 5.95 Å². The summed E-state index contributed by atoms with van der Waals surface area (Å²) in [7, 11) is 0. The fourth-order valence-electron chi connectivity index (χ4n) is 3.64. The minimum atomic E-state index is -0.380. The van der Waals surface area contributed by atoms with Crippen molar-refractivity contribution in [3.8, 4) is 6.07 Å². The molecule has 0 aliphatic carbocycles. The Balaban J connectivity index is 1.70. The molecule has 4 N–H and O–H groups in total. The van der Waals surface area contributed by atoms with Gasteiger partial charge in [-0.15, -0.1) is 0 Å². The highest BCUT2D eigenvalue weighted by atomic mass is 35.5. The number of nitrogens with two attached hydrogens (primary N) is 1. The molecule has 2 aromatic heterocycles. The van der Waals surface area contributed by atoms with E-state index < -0.39 is 0 Å². The van der Waals surface area contributed by atoms with Gasteiger partial charge in [0, 0.05) is 24.6 Å². The predicted molar refractivity (Wildman–Crippen MR) is 121 cm³/mol. The first kappa shape index (κ1) is 21.7. The van der Waals surface area contributed by atoms with Gasteiger partial charge in [-0.1, -0.05) is 23.7 Å². The number of fused-ring (bicyclic) bond motifs is 1. The number of anilines is 2. The van der Waals surface area contributed by atoms with Gasteiger partial charge in [0.15, 0.2) is 0 Å². The van der Waals surface area contributed by atoms with Crippen LogP contribution in [0.4, 0.5) is 11.8 Å². The molecular formula is C22H22ClN7O2. The number of hydrogen-bond acceptors (Lipinski definition) is 8. The molecule has 32 heavy (non-hydrogen) atoms. The Morgan fingerprint density at radius 3 is 2.88 bits per heavy atom. The summed E-state index contributed by atoms with van der Waals surface area (Å²) in [5.74, 6) is 0.0650. The van der Waals surface area contributed by atoms with Crippen LogP contribution in [0.25, 0.3) is 10.8 Å². The number of amides is 1. The van der Waals surface area contributed by atoms with E-state index in [1.807, 2.05) is 31.2 Å². The lowest BCUT2D eigenvalue weighted by molar-refractivity contribution is 0.0695. The average Bonchev–Trinajstić information content (AvgIpc) is 2.79. The van der Waals surface area contributed by atoms with Gasteiger partial charge < -0.3 is 21.1 Å². The first-order valence-electron chi connectivity index (χ1n) is 10.2. The molecule has 1 saturated heterocycles. The number of hydrogen-bond donors (Lipinski definition) is 3. The number of nitrogen functional groups attached to an aromatic ring is 1. The molecule has 0 saturated carbocycles. The lowest BCUT2D eigenvalue weighted by Gasteiger charge is -2.23. The molecule has 1 amide bonds. The SMILES string of the molecule is C[C@H](Nc1nc(N)ncc1C#N)c1cc2cccc(Cl)c2c(C(=O)NC2CCOCC2)n1. The van der Waals surface area contributed by atoms with Gasteiger partial charge in [0.05, 0.1) is 23.0 Å². The molecule has 3 heterocycles. The van der Waals surface area contributed by atoms with Gasteiger partial charge in [-0.3, -0.25) is 4.79 Å². The highest BCUT2D eigenvalue weighted by molar-refractivity contribution is 6.36. The van der Waals surface area contributed by atoms with Crippen molar-refractivity contribution >= 4 is 40.0 Å². The van der Waals surface area contributed by atoms with Crippen LogP contribution in [0.3, 0.4) is 0 Å². The lowest BCUT2D eigenvalue weighted by atomic mass is 10.0. The van der Waals surface area contributed by atoms with Crippen molar-refractivity contribution in [2.45, 2.75) is 31.8 Å². The van der Waals surface area contributed by atoms with Crippen LogP contribution in [-0.2, 0) is 4.74 Å². The molecule has 9 nitrogen and oxygen atoms in total. The second-order valence-electron chi connectivity index (χ2n) is 7.56. The number of carbonyl (C=O) groups is 1. The van der Waals surface area contributed by atoms with Crippen molar-refractivity contribution in [3.05, 3.63) is 52.4 Å². The van der Waals surface area contributed by atoms with Crippen LogP contribution in [0.15, 0.2) is 30.5 Å². The third-order valence-corrected chi connectivity index (χ3v) is 5.64. The molecule has 10 heteroatoms. The Labute approximate surface area is 190 Å². The normalized spacial score (nSPS) is 15.2. The van der Waals surface area contributed by atoms with E-state index in [4.69, 9.17) is 22.1 Å². The molecule has 1 aliphatic rings. The largest absolute Gasteiger partial charge is 0.381 e. The van der Waals surface area contributed by atoms with E-state index >= 15 is 0 Å². The van der Waals surface area contributed by atoms with E-state index in [1.165, 1.54) is 6.20 Å². The van der Waals surface area contributed by atoms with Crippen molar-refractivity contribution < 1.29 is 9.53 Å². The van der Waals surface area contributed by atoms with Gasteiger partial charge in [-0.05, 0) is 37.3 Å². The number of carbonyl (C=O) groups excluding carboxylic acids is 1. The Morgan fingerprint density at radius 1 is 1.34 bits per heavy atom. The Kier molecular flexibility index (Phi) is 6.35. The van der Waals surface area contributed by atoms with Gasteiger partial charge in [0.1, 0.15) is 23.1 Å². The second kappa shape index (κ2) is 9.34. The number of rotatable bonds is 5. The standard InChI is InChI=1S/C22H22ClN7O2/c1-12(27-20-14(10-24)11-26-22(25)30-20)17-9-13-3-2-4-16(23)18(13)19(29-17)21(31)28-15-5-7-32-8-6-15/h2-4,9,11-12,15H,5-8H2,1H3,(H,28,31)(H3,25,26,27,30)/t12-/m0/s1. The summed E-state index contributed by atoms with van der Waals surface area (Å²) >= 11 is 6.45. The first-order valence-corrected chi connectivity index (χ1v) is 10.6. The van der Waals surface area contributed by atoms with Gasteiger partial charge in [0.25, 0.3) is 5.91 Å². The fourth-order valence-corrected chi connectivity index (χ4v) is 3.91. The second-order valence-corrected chi connectivity index (χ2v) is 7.97. The molecule has 1 atom stereocenters. The third-order valence-electron chi connectivity index (χ3n) is 5.32. The number of ether oxygens (including phenoxy) is 1. The van der Waals surface area contributed by atoms with E-state index in [2.05, 4.69) is 25.6 Å². The van der Waals surface area contributed by atoms with Gasteiger partial charge >= 0.3 is 0 Å². The van der Waals surface area contributed by atoms with Crippen LogP contribution in [0.2, 0.25) is 5.02 Å². The van der Waals surface area contributed by atoms with Crippen molar-refractivity contribution in [2.75, 3.05) is 24.3 Å². The molecular weight excluding hydrogens is 430 g/mol. The van der Waals surface area contributed by atoms with Crippen LogP contribution in [-0.4, -0.2) is 40.1 Å². The number of nitriles is 1. The molecule has 1 aromatic carbocycles. The highest BCUT2D eigenvalue weighted by Crippen LogP contribution is 2.30. The van der Waals surface area contributed by atoms with E-state index in [0.29, 0.717) is 35.1 Å². The maximum absolute atomic E-state index is 13.2. The Morgan fingerprint density at radius 2 is 2.12 bits per heavy atom. The number of aromatic nitrogens is 3. The van der Waals surface area contributed by atoms with Crippen LogP contribution < -0.4 is 16.4 Å². The molecule has 3 aromatic rings. The summed E-state index contributed by atoms with van der Waals surface area (Å²) in [6.45, 7) is 3.09. The summed E-state index contributed by atoms with van der Waals surface area (Å²) in [6.07, 6.45) is 2.86. The summed E-state index contributed by atoms with van der Waals surface area (Å²) in [6, 6.07) is 8.99. The maximum atomic E-state index is 13.2.